The third-order valence-electron chi connectivity index (χ3n) is 1.70. The molecule has 2 rings (SSSR count). The fourth-order valence-corrected chi connectivity index (χ4v) is 1.14. The van der Waals surface area contributed by atoms with E-state index >= 15 is 0 Å². The van der Waals surface area contributed by atoms with Crippen molar-refractivity contribution >= 4 is 6.21 Å². The zero-order chi connectivity index (χ0) is 6.81. The first-order valence-corrected chi connectivity index (χ1v) is 3.49. The second-order valence-corrected chi connectivity index (χ2v) is 2.44. The van der Waals surface area contributed by atoms with Crippen LogP contribution >= 0.6 is 0 Å². The molecule has 0 bridgehead atoms. The predicted octanol–water partition coefficient (Wildman–Crippen LogP) is 0.775. The van der Waals surface area contributed by atoms with Crippen LogP contribution in [0.3, 0.4) is 0 Å². The topological polar surface area (TPSA) is 41.0 Å². The van der Waals surface area contributed by atoms with Crippen LogP contribution in [0, 0.1) is 0 Å². The van der Waals surface area contributed by atoms with E-state index in [-0.39, 0.29) is 0 Å². The number of aromatic amines is 1. The Labute approximate surface area is 59.2 Å². The summed E-state index contributed by atoms with van der Waals surface area (Å²) in [5.41, 5.74) is 2.37. The van der Waals surface area contributed by atoms with E-state index in [1.807, 2.05) is 12.4 Å². The van der Waals surface area contributed by atoms with Gasteiger partial charge in [0.05, 0.1) is 6.20 Å². The summed E-state index contributed by atoms with van der Waals surface area (Å²) in [4.78, 5) is 4.20. The quantitative estimate of drug-likeness (QED) is 0.561. The van der Waals surface area contributed by atoms with Crippen LogP contribution in [0.2, 0.25) is 0 Å². The summed E-state index contributed by atoms with van der Waals surface area (Å²) < 4.78 is 0. The van der Waals surface area contributed by atoms with Crippen LogP contribution in [0.1, 0.15) is 17.7 Å². The highest BCUT2D eigenvalue weighted by molar-refractivity contribution is 5.80. The highest BCUT2D eigenvalue weighted by atomic mass is 15.1. The second-order valence-electron chi connectivity index (χ2n) is 2.44. The number of H-pyrrole nitrogens is 1. The van der Waals surface area contributed by atoms with Gasteiger partial charge in [0.2, 0.25) is 0 Å². The normalized spacial score (nSPS) is 16.4. The minimum absolute atomic E-state index is 0.947. The number of aromatic nitrogens is 2. The van der Waals surface area contributed by atoms with Crippen LogP contribution in [0.4, 0.5) is 0 Å². The van der Waals surface area contributed by atoms with Gasteiger partial charge in [-0.3, -0.25) is 10.1 Å². The van der Waals surface area contributed by atoms with Crippen molar-refractivity contribution in [1.82, 2.24) is 10.2 Å². The van der Waals surface area contributed by atoms with E-state index in [4.69, 9.17) is 0 Å². The molecular weight excluding hydrogens is 126 g/mol. The van der Waals surface area contributed by atoms with E-state index in [2.05, 4.69) is 15.2 Å². The van der Waals surface area contributed by atoms with E-state index in [1.54, 1.807) is 0 Å². The van der Waals surface area contributed by atoms with E-state index in [9.17, 15) is 0 Å². The Balaban J connectivity index is 2.42. The van der Waals surface area contributed by atoms with Crippen molar-refractivity contribution in [3.05, 3.63) is 17.5 Å². The van der Waals surface area contributed by atoms with Gasteiger partial charge in [-0.1, -0.05) is 0 Å². The molecule has 0 fully saturated rings. The van der Waals surface area contributed by atoms with Gasteiger partial charge in [0, 0.05) is 24.0 Å². The molecule has 1 aromatic heterocycles. The van der Waals surface area contributed by atoms with Crippen molar-refractivity contribution in [2.24, 2.45) is 4.99 Å². The summed E-state index contributed by atoms with van der Waals surface area (Å²) in [6, 6.07) is 0. The van der Waals surface area contributed by atoms with Gasteiger partial charge in [0.15, 0.2) is 0 Å². The maximum atomic E-state index is 4.20. The molecule has 0 spiro atoms. The van der Waals surface area contributed by atoms with Gasteiger partial charge >= 0.3 is 0 Å². The van der Waals surface area contributed by atoms with E-state index in [0.717, 1.165) is 24.9 Å². The zero-order valence-corrected chi connectivity index (χ0v) is 5.67. The number of aryl methyl sites for hydroxylation is 1. The van der Waals surface area contributed by atoms with Crippen molar-refractivity contribution in [2.45, 2.75) is 12.8 Å². The summed E-state index contributed by atoms with van der Waals surface area (Å²) in [7, 11) is 0. The van der Waals surface area contributed by atoms with Crippen molar-refractivity contribution in [3.8, 4) is 0 Å². The molecule has 3 nitrogen and oxygen atoms in total. The molecule has 10 heavy (non-hydrogen) atoms. The van der Waals surface area contributed by atoms with Gasteiger partial charge in [-0.2, -0.15) is 5.10 Å². The number of hydrogen-bond acceptors (Lipinski definition) is 2. The lowest BCUT2D eigenvalue weighted by Crippen LogP contribution is -1.87. The molecule has 1 aliphatic rings. The SMILES string of the molecule is C1=NCCCc2[nH]ncc21. The van der Waals surface area contributed by atoms with Gasteiger partial charge in [0.1, 0.15) is 0 Å². The van der Waals surface area contributed by atoms with Crippen molar-refractivity contribution in [1.29, 1.82) is 0 Å². The Bertz CT molecular complexity index is 249. The lowest BCUT2D eigenvalue weighted by Gasteiger charge is -1.90. The molecule has 0 atom stereocenters. The molecular formula is C7H9N3. The number of hydrogen-bond donors (Lipinski definition) is 1. The van der Waals surface area contributed by atoms with Crippen LogP contribution < -0.4 is 0 Å². The monoisotopic (exact) mass is 135 g/mol. The Morgan fingerprint density at radius 2 is 2.50 bits per heavy atom. The van der Waals surface area contributed by atoms with Crippen LogP contribution in [-0.2, 0) is 6.42 Å². The first kappa shape index (κ1) is 5.65. The van der Waals surface area contributed by atoms with Crippen LogP contribution in [0.25, 0.3) is 0 Å². The lowest BCUT2D eigenvalue weighted by molar-refractivity contribution is 0.814. The van der Waals surface area contributed by atoms with Crippen molar-refractivity contribution in [2.75, 3.05) is 6.54 Å². The third-order valence-corrected chi connectivity index (χ3v) is 1.70. The Morgan fingerprint density at radius 1 is 1.50 bits per heavy atom. The molecule has 0 saturated carbocycles. The van der Waals surface area contributed by atoms with Crippen molar-refractivity contribution in [3.63, 3.8) is 0 Å². The van der Waals surface area contributed by atoms with E-state index in [0.29, 0.717) is 0 Å². The Hall–Kier alpha value is -1.12. The molecule has 2 heterocycles. The molecule has 1 aromatic rings. The summed E-state index contributed by atoms with van der Waals surface area (Å²) >= 11 is 0. The van der Waals surface area contributed by atoms with E-state index < -0.39 is 0 Å². The zero-order valence-electron chi connectivity index (χ0n) is 5.67. The molecule has 0 aromatic carbocycles. The first-order chi connectivity index (χ1) is 4.97. The lowest BCUT2D eigenvalue weighted by atomic mass is 10.2. The van der Waals surface area contributed by atoms with Gasteiger partial charge in [-0.15, -0.1) is 0 Å². The number of aliphatic imine (C=N–C) groups is 1. The smallest absolute Gasteiger partial charge is 0.0578 e. The summed E-state index contributed by atoms with van der Waals surface area (Å²) in [5, 5.41) is 6.89. The largest absolute Gasteiger partial charge is 0.292 e. The summed E-state index contributed by atoms with van der Waals surface area (Å²) in [5.74, 6) is 0. The maximum absolute atomic E-state index is 4.20. The van der Waals surface area contributed by atoms with Gasteiger partial charge in [-0.25, -0.2) is 0 Å². The molecule has 52 valence electrons. The standard InChI is InChI=1S/C7H9N3/c1-2-7-6(4-8-3-1)5-9-10-7/h4-5H,1-3H2,(H,9,10). The highest BCUT2D eigenvalue weighted by Gasteiger charge is 2.04. The highest BCUT2D eigenvalue weighted by Crippen LogP contribution is 2.07. The molecule has 3 heteroatoms. The minimum Gasteiger partial charge on any atom is -0.292 e. The summed E-state index contributed by atoms with van der Waals surface area (Å²) in [6.07, 6.45) is 5.93. The third kappa shape index (κ3) is 0.835. The fourth-order valence-electron chi connectivity index (χ4n) is 1.14. The first-order valence-electron chi connectivity index (χ1n) is 3.49. The molecule has 0 amide bonds. The fraction of sp³-hybridized carbons (Fsp3) is 0.429. The second kappa shape index (κ2) is 2.25. The van der Waals surface area contributed by atoms with Crippen LogP contribution in [0.15, 0.2) is 11.2 Å². The Kier molecular flexibility index (Phi) is 1.27. The molecule has 0 unspecified atom stereocenters. The molecule has 0 aliphatic carbocycles. The number of nitrogens with zero attached hydrogens (tertiary/aromatic N) is 2. The molecule has 0 saturated heterocycles. The molecule has 1 aliphatic heterocycles. The van der Waals surface area contributed by atoms with Gasteiger partial charge in [-0.05, 0) is 12.8 Å². The van der Waals surface area contributed by atoms with Gasteiger partial charge < -0.3 is 0 Å². The average molecular weight is 135 g/mol. The average Bonchev–Trinajstić information content (AvgIpc) is 2.28. The summed E-state index contributed by atoms with van der Waals surface area (Å²) in [6.45, 7) is 0.947. The van der Waals surface area contributed by atoms with Crippen LogP contribution in [0.5, 0.6) is 0 Å². The van der Waals surface area contributed by atoms with E-state index in [1.165, 1.54) is 5.69 Å². The minimum atomic E-state index is 0.947. The number of nitrogens with one attached hydrogen (secondary N) is 1. The number of fused-ring (bicyclic) bond motifs is 1. The molecule has 0 radical (unpaired) electrons. The van der Waals surface area contributed by atoms with Crippen LogP contribution in [-0.4, -0.2) is 23.0 Å². The maximum Gasteiger partial charge on any atom is 0.0578 e. The predicted molar refractivity (Wildman–Crippen MR) is 39.4 cm³/mol. The Morgan fingerprint density at radius 3 is 3.50 bits per heavy atom. The van der Waals surface area contributed by atoms with Gasteiger partial charge in [0.25, 0.3) is 0 Å². The molecule has 1 N–H and O–H groups in total. The number of rotatable bonds is 0. The van der Waals surface area contributed by atoms with Crippen molar-refractivity contribution < 1.29 is 0 Å².